The molecular weight excluding hydrogens is 273 g/mol. The first-order valence-electron chi connectivity index (χ1n) is 6.94. The molecule has 0 saturated carbocycles. The molecule has 0 saturated heterocycles. The summed E-state index contributed by atoms with van der Waals surface area (Å²) in [5, 5.41) is 2.77. The lowest BCUT2D eigenvalue weighted by atomic mass is 10.2. The van der Waals surface area contributed by atoms with Crippen molar-refractivity contribution in [1.29, 1.82) is 0 Å². The third-order valence-electron chi connectivity index (χ3n) is 3.01. The highest BCUT2D eigenvalue weighted by atomic mass is 19.1. The van der Waals surface area contributed by atoms with Gasteiger partial charge in [0, 0.05) is 32.3 Å². The summed E-state index contributed by atoms with van der Waals surface area (Å²) in [4.78, 5) is 15.8. The highest BCUT2D eigenvalue weighted by Gasteiger charge is 2.15. The molecule has 21 heavy (non-hydrogen) atoms. The van der Waals surface area contributed by atoms with E-state index in [1.807, 2.05) is 19.0 Å². The first-order chi connectivity index (χ1) is 10.0. The largest absolute Gasteiger partial charge is 0.383 e. The van der Waals surface area contributed by atoms with Crippen LogP contribution in [0.4, 0.5) is 9.18 Å². The smallest absolute Gasteiger partial charge is 0.317 e. The fourth-order valence-electron chi connectivity index (χ4n) is 1.78. The highest BCUT2D eigenvalue weighted by molar-refractivity contribution is 5.74. The molecule has 0 aliphatic heterocycles. The molecule has 6 heteroatoms. The third kappa shape index (κ3) is 6.55. The summed E-state index contributed by atoms with van der Waals surface area (Å²) in [6.45, 7) is 2.38. The lowest BCUT2D eigenvalue weighted by Gasteiger charge is -2.25. The van der Waals surface area contributed by atoms with E-state index in [0.29, 0.717) is 31.8 Å². The van der Waals surface area contributed by atoms with Crippen LogP contribution in [-0.4, -0.2) is 63.3 Å². The molecule has 0 aliphatic carbocycles. The Hall–Kier alpha value is -1.66. The molecule has 1 rings (SSSR count). The number of rotatable bonds is 8. The van der Waals surface area contributed by atoms with Gasteiger partial charge in [-0.3, -0.25) is 0 Å². The van der Waals surface area contributed by atoms with Crippen LogP contribution in [0.3, 0.4) is 0 Å². The molecule has 0 heterocycles. The van der Waals surface area contributed by atoms with E-state index in [4.69, 9.17) is 4.74 Å². The second-order valence-electron chi connectivity index (χ2n) is 5.04. The predicted octanol–water partition coefficient (Wildman–Crippen LogP) is 1.55. The average Bonchev–Trinajstić information content (AvgIpc) is 2.45. The molecule has 0 unspecified atom stereocenters. The Morgan fingerprint density at radius 3 is 2.62 bits per heavy atom. The second-order valence-corrected chi connectivity index (χ2v) is 5.04. The van der Waals surface area contributed by atoms with Gasteiger partial charge in [0.15, 0.2) is 0 Å². The SMILES string of the molecule is COCCNC(=O)N(CCN(C)C)Cc1ccccc1F. The topological polar surface area (TPSA) is 44.8 Å². The predicted molar refractivity (Wildman–Crippen MR) is 80.6 cm³/mol. The van der Waals surface area contributed by atoms with Crippen LogP contribution in [0.15, 0.2) is 24.3 Å². The van der Waals surface area contributed by atoms with Crippen molar-refractivity contribution in [3.8, 4) is 0 Å². The Balaban J connectivity index is 2.67. The van der Waals surface area contributed by atoms with Crippen molar-refractivity contribution in [2.24, 2.45) is 0 Å². The van der Waals surface area contributed by atoms with Gasteiger partial charge in [-0.05, 0) is 20.2 Å². The van der Waals surface area contributed by atoms with Gasteiger partial charge in [0.05, 0.1) is 13.2 Å². The van der Waals surface area contributed by atoms with Crippen LogP contribution >= 0.6 is 0 Å². The fraction of sp³-hybridized carbons (Fsp3) is 0.533. The minimum atomic E-state index is -0.294. The molecule has 0 spiro atoms. The summed E-state index contributed by atoms with van der Waals surface area (Å²) in [5.41, 5.74) is 0.512. The minimum absolute atomic E-state index is 0.211. The number of amides is 2. The maximum Gasteiger partial charge on any atom is 0.317 e. The molecule has 2 amide bonds. The minimum Gasteiger partial charge on any atom is -0.383 e. The van der Waals surface area contributed by atoms with Crippen LogP contribution in [0.1, 0.15) is 5.56 Å². The Labute approximate surface area is 125 Å². The molecule has 1 aromatic rings. The molecule has 0 fully saturated rings. The number of ether oxygens (including phenoxy) is 1. The number of urea groups is 1. The summed E-state index contributed by atoms with van der Waals surface area (Å²) in [6.07, 6.45) is 0. The van der Waals surface area contributed by atoms with Crippen molar-refractivity contribution >= 4 is 6.03 Å². The summed E-state index contributed by atoms with van der Waals surface area (Å²) in [7, 11) is 5.45. The number of nitrogens with one attached hydrogen (secondary N) is 1. The molecule has 0 bridgehead atoms. The molecule has 0 radical (unpaired) electrons. The van der Waals surface area contributed by atoms with Crippen molar-refractivity contribution in [3.63, 3.8) is 0 Å². The number of benzene rings is 1. The maximum atomic E-state index is 13.7. The molecule has 1 aromatic carbocycles. The molecule has 0 aromatic heterocycles. The van der Waals surface area contributed by atoms with Crippen LogP contribution < -0.4 is 5.32 Å². The van der Waals surface area contributed by atoms with Gasteiger partial charge in [0.2, 0.25) is 0 Å². The fourth-order valence-corrected chi connectivity index (χ4v) is 1.78. The Kier molecular flexibility index (Phi) is 7.71. The second kappa shape index (κ2) is 9.31. The van der Waals surface area contributed by atoms with Crippen LogP contribution in [0.25, 0.3) is 0 Å². The summed E-state index contributed by atoms with van der Waals surface area (Å²) >= 11 is 0. The van der Waals surface area contributed by atoms with E-state index >= 15 is 0 Å². The number of hydrogen-bond donors (Lipinski definition) is 1. The number of likely N-dealkylation sites (N-methyl/N-ethyl adjacent to an activating group) is 1. The average molecular weight is 297 g/mol. The van der Waals surface area contributed by atoms with Crippen LogP contribution in [0.2, 0.25) is 0 Å². The summed E-state index contributed by atoms with van der Waals surface area (Å²) < 4.78 is 18.6. The van der Waals surface area contributed by atoms with Crippen molar-refractivity contribution in [2.75, 3.05) is 47.4 Å². The number of carbonyl (C=O) groups is 1. The van der Waals surface area contributed by atoms with Gasteiger partial charge in [-0.15, -0.1) is 0 Å². The summed E-state index contributed by atoms with van der Waals surface area (Å²) in [5.74, 6) is -0.294. The van der Waals surface area contributed by atoms with E-state index in [1.54, 1.807) is 30.2 Å². The van der Waals surface area contributed by atoms with Crippen molar-refractivity contribution in [2.45, 2.75) is 6.54 Å². The van der Waals surface area contributed by atoms with Gasteiger partial charge >= 0.3 is 6.03 Å². The number of hydrogen-bond acceptors (Lipinski definition) is 3. The van der Waals surface area contributed by atoms with Crippen LogP contribution in [0.5, 0.6) is 0 Å². The number of carbonyl (C=O) groups excluding carboxylic acids is 1. The standard InChI is InChI=1S/C15H24FN3O2/c1-18(2)9-10-19(15(20)17-8-11-21-3)12-13-6-4-5-7-14(13)16/h4-7H,8-12H2,1-3H3,(H,17,20). The van der Waals surface area contributed by atoms with Crippen molar-refractivity contribution in [3.05, 3.63) is 35.6 Å². The zero-order valence-corrected chi connectivity index (χ0v) is 12.9. The number of halogens is 1. The third-order valence-corrected chi connectivity index (χ3v) is 3.01. The first kappa shape index (κ1) is 17.4. The van der Waals surface area contributed by atoms with E-state index in [2.05, 4.69) is 5.32 Å². The molecule has 0 atom stereocenters. The van der Waals surface area contributed by atoms with E-state index in [1.165, 1.54) is 6.07 Å². The molecule has 1 N–H and O–H groups in total. The van der Waals surface area contributed by atoms with Gasteiger partial charge in [-0.25, -0.2) is 9.18 Å². The van der Waals surface area contributed by atoms with E-state index in [0.717, 1.165) is 0 Å². The van der Waals surface area contributed by atoms with E-state index < -0.39 is 0 Å². The Bertz CT molecular complexity index is 441. The summed E-state index contributed by atoms with van der Waals surface area (Å²) in [6, 6.07) is 6.30. The Morgan fingerprint density at radius 1 is 1.29 bits per heavy atom. The van der Waals surface area contributed by atoms with Crippen LogP contribution in [-0.2, 0) is 11.3 Å². The van der Waals surface area contributed by atoms with Gasteiger partial charge in [-0.1, -0.05) is 18.2 Å². The van der Waals surface area contributed by atoms with Crippen molar-refractivity contribution in [1.82, 2.24) is 15.1 Å². The number of nitrogens with zero attached hydrogens (tertiary/aromatic N) is 2. The lowest BCUT2D eigenvalue weighted by Crippen LogP contribution is -2.43. The zero-order chi connectivity index (χ0) is 15.7. The molecule has 0 aliphatic rings. The quantitative estimate of drug-likeness (QED) is 0.740. The zero-order valence-electron chi connectivity index (χ0n) is 12.9. The lowest BCUT2D eigenvalue weighted by molar-refractivity contribution is 0.174. The normalized spacial score (nSPS) is 10.7. The monoisotopic (exact) mass is 297 g/mol. The number of methoxy groups -OCH3 is 1. The van der Waals surface area contributed by atoms with Gasteiger partial charge in [0.25, 0.3) is 0 Å². The molecular formula is C15H24FN3O2. The van der Waals surface area contributed by atoms with Gasteiger partial charge < -0.3 is 19.9 Å². The van der Waals surface area contributed by atoms with Gasteiger partial charge in [0.1, 0.15) is 5.82 Å². The van der Waals surface area contributed by atoms with Crippen molar-refractivity contribution < 1.29 is 13.9 Å². The maximum absolute atomic E-state index is 13.7. The van der Waals surface area contributed by atoms with Crippen LogP contribution in [0, 0.1) is 5.82 Å². The molecule has 5 nitrogen and oxygen atoms in total. The van der Waals surface area contributed by atoms with Gasteiger partial charge in [-0.2, -0.15) is 0 Å². The van der Waals surface area contributed by atoms with E-state index in [-0.39, 0.29) is 18.4 Å². The molecule has 118 valence electrons. The van der Waals surface area contributed by atoms with E-state index in [9.17, 15) is 9.18 Å². The first-order valence-corrected chi connectivity index (χ1v) is 6.94. The highest BCUT2D eigenvalue weighted by Crippen LogP contribution is 2.10. The Morgan fingerprint density at radius 2 is 2.00 bits per heavy atom.